The molecule has 0 fully saturated rings. The summed E-state index contributed by atoms with van der Waals surface area (Å²) in [6, 6.07) is 5.42. The average molecular weight is 401 g/mol. The summed E-state index contributed by atoms with van der Waals surface area (Å²) >= 11 is 1.48. The molecular weight excluding hydrogens is 372 g/mol. The molecule has 5 nitrogen and oxygen atoms in total. The van der Waals surface area contributed by atoms with Crippen molar-refractivity contribution < 1.29 is 14.3 Å². The monoisotopic (exact) mass is 400 g/mol. The molecule has 150 valence electrons. The first-order chi connectivity index (χ1) is 13.1. The third-order valence-corrected chi connectivity index (χ3v) is 6.79. The lowest BCUT2D eigenvalue weighted by molar-refractivity contribution is 0.1000. The highest BCUT2D eigenvalue weighted by Crippen LogP contribution is 2.44. The average Bonchev–Trinajstić information content (AvgIpc) is 2.97. The van der Waals surface area contributed by atoms with Gasteiger partial charge in [0.25, 0.3) is 11.8 Å². The molecule has 1 atom stereocenters. The smallest absolute Gasteiger partial charge is 0.260 e. The van der Waals surface area contributed by atoms with E-state index in [2.05, 4.69) is 26.1 Å². The molecule has 28 heavy (non-hydrogen) atoms. The van der Waals surface area contributed by atoms with Gasteiger partial charge < -0.3 is 15.8 Å². The van der Waals surface area contributed by atoms with Gasteiger partial charge in [0.05, 0.1) is 18.2 Å². The maximum absolute atomic E-state index is 12.9. The molecule has 0 saturated heterocycles. The van der Waals surface area contributed by atoms with Crippen LogP contribution in [0.3, 0.4) is 0 Å². The Morgan fingerprint density at radius 3 is 2.61 bits per heavy atom. The van der Waals surface area contributed by atoms with E-state index in [-0.39, 0.29) is 11.3 Å². The number of ether oxygens (including phenoxy) is 1. The Hall–Kier alpha value is -2.34. The third-order valence-electron chi connectivity index (χ3n) is 5.62. The quantitative estimate of drug-likeness (QED) is 0.789. The molecule has 3 N–H and O–H groups in total. The summed E-state index contributed by atoms with van der Waals surface area (Å²) < 4.78 is 5.40. The zero-order valence-electron chi connectivity index (χ0n) is 17.1. The highest BCUT2D eigenvalue weighted by atomic mass is 32.1. The van der Waals surface area contributed by atoms with Crippen LogP contribution in [0.25, 0.3) is 0 Å². The largest absolute Gasteiger partial charge is 0.496 e. The number of amides is 2. The van der Waals surface area contributed by atoms with Gasteiger partial charge >= 0.3 is 0 Å². The van der Waals surface area contributed by atoms with E-state index >= 15 is 0 Å². The third kappa shape index (κ3) is 3.78. The fourth-order valence-corrected chi connectivity index (χ4v) is 5.27. The van der Waals surface area contributed by atoms with Crippen LogP contribution in [0.2, 0.25) is 0 Å². The molecule has 0 spiro atoms. The first kappa shape index (κ1) is 20.4. The van der Waals surface area contributed by atoms with Crippen molar-refractivity contribution in [3.05, 3.63) is 45.3 Å². The normalized spacial score (nSPS) is 16.4. The van der Waals surface area contributed by atoms with Crippen LogP contribution < -0.4 is 15.8 Å². The van der Waals surface area contributed by atoms with Crippen LogP contribution in [0.5, 0.6) is 5.75 Å². The van der Waals surface area contributed by atoms with E-state index in [1.54, 1.807) is 13.2 Å². The van der Waals surface area contributed by atoms with Crippen LogP contribution in [-0.4, -0.2) is 18.9 Å². The van der Waals surface area contributed by atoms with Gasteiger partial charge in [-0.1, -0.05) is 32.9 Å². The summed E-state index contributed by atoms with van der Waals surface area (Å²) in [7, 11) is 1.55. The van der Waals surface area contributed by atoms with Crippen LogP contribution in [0.15, 0.2) is 18.2 Å². The standard InChI is InChI=1S/C22H28N2O3S/c1-12-7-6-8-15(18(12)27-5)20(26)24-21-17(19(23)25)14-10-9-13(22(2,3)4)11-16(14)28-21/h6-8,13H,9-11H2,1-5H3,(H2,23,25)(H,24,26). The van der Waals surface area contributed by atoms with Gasteiger partial charge in [0.15, 0.2) is 0 Å². The Balaban J connectivity index is 1.95. The maximum atomic E-state index is 12.9. The highest BCUT2D eigenvalue weighted by molar-refractivity contribution is 7.17. The number of methoxy groups -OCH3 is 1. The van der Waals surface area contributed by atoms with Gasteiger partial charge in [0, 0.05) is 4.88 Å². The first-order valence-corrected chi connectivity index (χ1v) is 10.3. The Morgan fingerprint density at radius 2 is 2.00 bits per heavy atom. The van der Waals surface area contributed by atoms with Gasteiger partial charge in [-0.3, -0.25) is 9.59 Å². The number of hydrogen-bond donors (Lipinski definition) is 2. The number of thiophene rings is 1. The molecule has 2 amide bonds. The zero-order valence-corrected chi connectivity index (χ0v) is 18.0. The van der Waals surface area contributed by atoms with Crippen LogP contribution in [-0.2, 0) is 12.8 Å². The zero-order chi connectivity index (χ0) is 20.6. The fourth-order valence-electron chi connectivity index (χ4n) is 3.95. The van der Waals surface area contributed by atoms with Gasteiger partial charge in [0.1, 0.15) is 10.8 Å². The lowest BCUT2D eigenvalue weighted by Crippen LogP contribution is -2.27. The second kappa shape index (κ2) is 7.59. The summed E-state index contributed by atoms with van der Waals surface area (Å²) in [5.74, 6) is 0.293. The molecule has 1 aromatic heterocycles. The summed E-state index contributed by atoms with van der Waals surface area (Å²) in [6.45, 7) is 8.63. The number of aryl methyl sites for hydroxylation is 1. The van der Waals surface area contributed by atoms with E-state index in [0.717, 1.165) is 35.3 Å². The van der Waals surface area contributed by atoms with Crippen LogP contribution in [0, 0.1) is 18.3 Å². The summed E-state index contributed by atoms with van der Waals surface area (Å²) in [5, 5.41) is 3.46. The predicted octanol–water partition coefficient (Wildman–Crippen LogP) is 4.57. The topological polar surface area (TPSA) is 81.4 Å². The minimum absolute atomic E-state index is 0.201. The van der Waals surface area contributed by atoms with E-state index < -0.39 is 5.91 Å². The number of primary amides is 1. The van der Waals surface area contributed by atoms with Gasteiger partial charge in [-0.2, -0.15) is 0 Å². The van der Waals surface area contributed by atoms with Crippen molar-refractivity contribution in [2.24, 2.45) is 17.1 Å². The minimum atomic E-state index is -0.488. The number of para-hydroxylation sites is 1. The summed E-state index contributed by atoms with van der Waals surface area (Å²) in [4.78, 5) is 26.3. The number of carbonyl (C=O) groups excluding carboxylic acids is 2. The number of nitrogens with two attached hydrogens (primary N) is 1. The second-order valence-corrected chi connectivity index (χ2v) is 9.59. The molecule has 2 aromatic rings. The van der Waals surface area contributed by atoms with E-state index in [0.29, 0.717) is 27.8 Å². The molecule has 0 aliphatic heterocycles. The molecule has 0 radical (unpaired) electrons. The lowest BCUT2D eigenvalue weighted by atomic mass is 9.72. The number of carbonyl (C=O) groups is 2. The van der Waals surface area contributed by atoms with Crippen molar-refractivity contribution in [2.45, 2.75) is 47.0 Å². The van der Waals surface area contributed by atoms with Gasteiger partial charge in [0.2, 0.25) is 0 Å². The van der Waals surface area contributed by atoms with E-state index in [1.807, 2.05) is 19.1 Å². The number of rotatable bonds is 4. The Labute approximate surface area is 170 Å². The first-order valence-electron chi connectivity index (χ1n) is 9.52. The molecule has 1 aliphatic rings. The molecule has 1 aliphatic carbocycles. The van der Waals surface area contributed by atoms with E-state index in [1.165, 1.54) is 11.3 Å². The molecule has 3 rings (SSSR count). The van der Waals surface area contributed by atoms with Gasteiger partial charge in [-0.05, 0) is 54.7 Å². The number of fused-ring (bicyclic) bond motifs is 1. The number of anilines is 1. The van der Waals surface area contributed by atoms with Crippen LogP contribution >= 0.6 is 11.3 Å². The molecular formula is C22H28N2O3S. The highest BCUT2D eigenvalue weighted by Gasteiger charge is 2.33. The van der Waals surface area contributed by atoms with Crippen molar-refractivity contribution in [3.8, 4) is 5.75 Å². The van der Waals surface area contributed by atoms with E-state index in [9.17, 15) is 9.59 Å². The maximum Gasteiger partial charge on any atom is 0.260 e. The SMILES string of the molecule is COc1c(C)cccc1C(=O)Nc1sc2c(c1C(N)=O)CCC(C(C)(C)C)C2. The number of nitrogens with one attached hydrogen (secondary N) is 1. The van der Waals surface area contributed by atoms with Crippen LogP contribution in [0.1, 0.15) is 63.9 Å². The molecule has 1 heterocycles. The van der Waals surface area contributed by atoms with Crippen molar-refractivity contribution in [3.63, 3.8) is 0 Å². The number of benzene rings is 1. The van der Waals surface area contributed by atoms with Crippen LogP contribution in [0.4, 0.5) is 5.00 Å². The second-order valence-electron chi connectivity index (χ2n) is 8.49. The number of hydrogen-bond acceptors (Lipinski definition) is 4. The van der Waals surface area contributed by atoms with E-state index in [4.69, 9.17) is 10.5 Å². The summed E-state index contributed by atoms with van der Waals surface area (Å²) in [6.07, 6.45) is 2.75. The molecule has 1 unspecified atom stereocenters. The lowest BCUT2D eigenvalue weighted by Gasteiger charge is -2.33. The van der Waals surface area contributed by atoms with Gasteiger partial charge in [-0.15, -0.1) is 11.3 Å². The van der Waals surface area contributed by atoms with Crippen molar-refractivity contribution in [2.75, 3.05) is 12.4 Å². The molecule has 6 heteroatoms. The van der Waals surface area contributed by atoms with Crippen molar-refractivity contribution in [1.29, 1.82) is 0 Å². The van der Waals surface area contributed by atoms with Crippen molar-refractivity contribution >= 4 is 28.2 Å². The van der Waals surface area contributed by atoms with Gasteiger partial charge in [-0.25, -0.2) is 0 Å². The molecule has 0 bridgehead atoms. The Morgan fingerprint density at radius 1 is 1.29 bits per heavy atom. The fraction of sp³-hybridized carbons (Fsp3) is 0.455. The summed E-state index contributed by atoms with van der Waals surface area (Å²) in [5.41, 5.74) is 8.68. The molecule has 1 aromatic carbocycles. The molecule has 0 saturated carbocycles. The van der Waals surface area contributed by atoms with Crippen molar-refractivity contribution in [1.82, 2.24) is 0 Å². The Kier molecular flexibility index (Phi) is 5.53. The Bertz CT molecular complexity index is 925. The predicted molar refractivity (Wildman–Crippen MR) is 113 cm³/mol. The minimum Gasteiger partial charge on any atom is -0.496 e.